The lowest BCUT2D eigenvalue weighted by atomic mass is 9.89. The second-order valence-corrected chi connectivity index (χ2v) is 19.3. The van der Waals surface area contributed by atoms with Gasteiger partial charge in [0, 0.05) is 33.5 Å². The van der Waals surface area contributed by atoms with Crippen molar-refractivity contribution in [3.63, 3.8) is 0 Å². The van der Waals surface area contributed by atoms with Crippen LogP contribution in [0.25, 0.3) is 82.8 Å². The maximum absolute atomic E-state index is 2.43. The van der Waals surface area contributed by atoms with Gasteiger partial charge in [-0.25, -0.2) is 0 Å². The summed E-state index contributed by atoms with van der Waals surface area (Å²) < 4.78 is 2.43. The molecule has 13 aromatic rings. The summed E-state index contributed by atoms with van der Waals surface area (Å²) in [5.41, 5.74) is 21.7. The van der Waals surface area contributed by atoms with Gasteiger partial charge in [-0.05, 0) is 151 Å². The molecule has 74 heavy (non-hydrogen) atoms. The minimum atomic E-state index is 0.801. The summed E-state index contributed by atoms with van der Waals surface area (Å²) in [6.07, 6.45) is 1.67. The normalized spacial score (nSPS) is 11.4. The Labute approximate surface area is 433 Å². The lowest BCUT2D eigenvalue weighted by molar-refractivity contribution is 1.16. The lowest BCUT2D eigenvalue weighted by Gasteiger charge is -2.27. The smallest absolute Gasteiger partial charge is 0.0547 e. The first-order chi connectivity index (χ1) is 36.7. The van der Waals surface area contributed by atoms with Crippen LogP contribution in [0.4, 0.5) is 17.1 Å². The molecule has 0 amide bonds. The van der Waals surface area contributed by atoms with Crippen LogP contribution in [0.5, 0.6) is 0 Å². The van der Waals surface area contributed by atoms with E-state index in [1.807, 2.05) is 0 Å². The summed E-state index contributed by atoms with van der Waals surface area (Å²) in [6, 6.07) is 107. The molecular weight excluding hydrogens is 893 g/mol. The van der Waals surface area contributed by atoms with E-state index in [9.17, 15) is 0 Å². The van der Waals surface area contributed by atoms with E-state index < -0.39 is 0 Å². The molecule has 0 bridgehead atoms. The first kappa shape index (κ1) is 44.4. The lowest BCUT2D eigenvalue weighted by Crippen LogP contribution is -2.11. The zero-order valence-electron chi connectivity index (χ0n) is 41.0. The molecule has 0 fully saturated rings. The highest BCUT2D eigenvalue weighted by molar-refractivity contribution is 6.10. The summed E-state index contributed by atoms with van der Waals surface area (Å²) in [5, 5.41) is 4.96. The van der Waals surface area contributed by atoms with Gasteiger partial charge in [-0.3, -0.25) is 0 Å². The van der Waals surface area contributed by atoms with E-state index in [2.05, 4.69) is 301 Å². The molecule has 1 aromatic heterocycles. The molecule has 0 aliphatic carbocycles. The van der Waals surface area contributed by atoms with E-state index in [0.29, 0.717) is 0 Å². The zero-order chi connectivity index (χ0) is 49.2. The van der Waals surface area contributed by atoms with Crippen molar-refractivity contribution in [1.29, 1.82) is 0 Å². The Bertz CT molecular complexity index is 4100. The van der Waals surface area contributed by atoms with Crippen molar-refractivity contribution < 1.29 is 0 Å². The van der Waals surface area contributed by atoms with Crippen LogP contribution in [-0.4, -0.2) is 4.57 Å². The van der Waals surface area contributed by atoms with Crippen LogP contribution < -0.4 is 4.90 Å². The fourth-order valence-corrected chi connectivity index (χ4v) is 11.1. The van der Waals surface area contributed by atoms with Crippen molar-refractivity contribution >= 4 is 49.6 Å². The Morgan fingerprint density at radius 1 is 0.270 bits per heavy atom. The van der Waals surface area contributed by atoms with Gasteiger partial charge < -0.3 is 9.47 Å². The highest BCUT2D eigenvalue weighted by atomic mass is 15.1. The van der Waals surface area contributed by atoms with Crippen LogP contribution in [0.1, 0.15) is 22.3 Å². The predicted octanol–water partition coefficient (Wildman–Crippen LogP) is 19.3. The van der Waals surface area contributed by atoms with Crippen LogP contribution in [0.15, 0.2) is 291 Å². The number of anilines is 3. The largest absolute Gasteiger partial charge is 0.310 e. The molecule has 2 heteroatoms. The number of rotatable bonds is 12. The Hall–Kier alpha value is -9.50. The molecule has 12 aromatic carbocycles. The number of benzene rings is 12. The first-order valence-electron chi connectivity index (χ1n) is 25.7. The van der Waals surface area contributed by atoms with Gasteiger partial charge in [-0.2, -0.15) is 0 Å². The number of hydrogen-bond acceptors (Lipinski definition) is 1. The van der Waals surface area contributed by atoms with Gasteiger partial charge in [0.1, 0.15) is 0 Å². The number of aromatic nitrogens is 1. The molecule has 350 valence electrons. The Balaban J connectivity index is 0.913. The van der Waals surface area contributed by atoms with Crippen molar-refractivity contribution in [2.24, 2.45) is 0 Å². The third-order valence-electron chi connectivity index (χ3n) is 14.7. The average Bonchev–Trinajstić information content (AvgIpc) is 3.80. The topological polar surface area (TPSA) is 8.17 Å². The first-order valence-corrected chi connectivity index (χ1v) is 25.7. The van der Waals surface area contributed by atoms with Crippen molar-refractivity contribution in [2.75, 3.05) is 4.90 Å². The van der Waals surface area contributed by atoms with Crippen LogP contribution >= 0.6 is 0 Å². The van der Waals surface area contributed by atoms with Gasteiger partial charge in [0.05, 0.1) is 11.0 Å². The SMILES string of the molecule is c1ccc(Cc2ccccc2-c2ccc(N(c3ccc(-c4ccccc4)cc3)c3ccc(-c4ccccc4-c4ccc5c6ccccc6n(-c6ccc7ccccc7c6)c5c4)cc3)cc2Cc2ccccc2)cc1. The fraction of sp³-hybridized carbons (Fsp3) is 0.0278. The molecular formula is C72H52N2. The summed E-state index contributed by atoms with van der Waals surface area (Å²) >= 11 is 0. The third-order valence-corrected chi connectivity index (χ3v) is 14.7. The number of nitrogens with zero attached hydrogens (tertiary/aromatic N) is 2. The van der Waals surface area contributed by atoms with Gasteiger partial charge in [0.25, 0.3) is 0 Å². The van der Waals surface area contributed by atoms with Crippen LogP contribution in [-0.2, 0) is 12.8 Å². The van der Waals surface area contributed by atoms with E-state index >= 15 is 0 Å². The maximum atomic E-state index is 2.43. The van der Waals surface area contributed by atoms with Gasteiger partial charge in [0.2, 0.25) is 0 Å². The molecule has 0 unspecified atom stereocenters. The molecule has 13 rings (SSSR count). The second kappa shape index (κ2) is 19.6. The standard InChI is InChI=1S/C72H52N2/c1-4-18-51(19-5-1)46-58-26-12-13-28-66(58)68-45-43-63(49-60(68)47-52-20-6-2-7-21-52)73(61-38-32-55(33-39-61)53-22-8-3-9-23-53)62-40-35-56(36-41-62)65-27-14-15-29-67(65)59-37-44-70-69-30-16-17-31-71(69)74(72(70)50-59)64-42-34-54-24-10-11-25-57(54)48-64/h1-45,48-50H,46-47H2. The van der Waals surface area contributed by atoms with Gasteiger partial charge in [-0.1, -0.05) is 231 Å². The summed E-state index contributed by atoms with van der Waals surface area (Å²) in [7, 11) is 0. The summed E-state index contributed by atoms with van der Waals surface area (Å²) in [4.78, 5) is 2.41. The number of fused-ring (bicyclic) bond motifs is 4. The Kier molecular flexibility index (Phi) is 11.8. The van der Waals surface area contributed by atoms with Crippen LogP contribution in [0, 0.1) is 0 Å². The van der Waals surface area contributed by atoms with Crippen molar-refractivity contribution in [3.8, 4) is 50.2 Å². The second-order valence-electron chi connectivity index (χ2n) is 19.3. The average molecular weight is 945 g/mol. The van der Waals surface area contributed by atoms with E-state index in [0.717, 1.165) is 41.2 Å². The molecule has 0 saturated carbocycles. The number of hydrogen-bond donors (Lipinski definition) is 0. The molecule has 0 atom stereocenters. The van der Waals surface area contributed by atoms with Crippen LogP contribution in [0.2, 0.25) is 0 Å². The Morgan fingerprint density at radius 3 is 1.49 bits per heavy atom. The predicted molar refractivity (Wildman–Crippen MR) is 313 cm³/mol. The van der Waals surface area contributed by atoms with Crippen molar-refractivity contribution in [3.05, 3.63) is 313 Å². The molecule has 0 spiro atoms. The van der Waals surface area contributed by atoms with E-state index in [1.54, 1.807) is 0 Å². The quantitative estimate of drug-likeness (QED) is 0.118. The summed E-state index contributed by atoms with van der Waals surface area (Å²) in [6.45, 7) is 0. The fourth-order valence-electron chi connectivity index (χ4n) is 11.1. The monoisotopic (exact) mass is 944 g/mol. The van der Waals surface area contributed by atoms with E-state index in [-0.39, 0.29) is 0 Å². The van der Waals surface area contributed by atoms with Gasteiger partial charge >= 0.3 is 0 Å². The summed E-state index contributed by atoms with van der Waals surface area (Å²) in [5.74, 6) is 0. The minimum Gasteiger partial charge on any atom is -0.310 e. The van der Waals surface area contributed by atoms with Crippen molar-refractivity contribution in [2.45, 2.75) is 12.8 Å². The highest BCUT2D eigenvalue weighted by Crippen LogP contribution is 2.43. The van der Waals surface area contributed by atoms with Crippen molar-refractivity contribution in [1.82, 2.24) is 4.57 Å². The number of para-hydroxylation sites is 1. The molecule has 0 N–H and O–H groups in total. The molecule has 0 aliphatic rings. The van der Waals surface area contributed by atoms with Crippen LogP contribution in [0.3, 0.4) is 0 Å². The van der Waals surface area contributed by atoms with Gasteiger partial charge in [0.15, 0.2) is 0 Å². The Morgan fingerprint density at radius 2 is 0.770 bits per heavy atom. The molecule has 0 aliphatic heterocycles. The molecule has 2 nitrogen and oxygen atoms in total. The van der Waals surface area contributed by atoms with Gasteiger partial charge in [-0.15, -0.1) is 0 Å². The highest BCUT2D eigenvalue weighted by Gasteiger charge is 2.20. The minimum absolute atomic E-state index is 0.801. The zero-order valence-corrected chi connectivity index (χ0v) is 41.0. The van der Waals surface area contributed by atoms with E-state index in [1.165, 1.54) is 93.8 Å². The third kappa shape index (κ3) is 8.63. The van der Waals surface area contributed by atoms with E-state index in [4.69, 9.17) is 0 Å². The molecule has 0 saturated heterocycles. The maximum Gasteiger partial charge on any atom is 0.0547 e. The molecule has 1 heterocycles. The molecule has 0 radical (unpaired) electrons.